The fraction of sp³-hybridized carbons (Fsp3) is 0.100. The molecule has 0 saturated heterocycles. The molecule has 4 rings (SSSR count). The Morgan fingerprint density at radius 1 is 1.08 bits per heavy atom. The van der Waals surface area contributed by atoms with Crippen LogP contribution in [0.25, 0.3) is 10.8 Å². The normalized spacial score (nSPS) is 12.5. The van der Waals surface area contributed by atoms with Crippen LogP contribution in [0.2, 0.25) is 5.02 Å². The lowest BCUT2D eigenvalue weighted by atomic mass is 10.0. The number of hydrogen-bond donors (Lipinski definition) is 2. The smallest absolute Gasteiger partial charge is 0.308 e. The molecule has 6 heteroatoms. The topological polar surface area (TPSA) is 61.4 Å². The van der Waals surface area contributed by atoms with Gasteiger partial charge < -0.3 is 15.5 Å². The molecular formula is C20H16ClN3O2. The molecule has 0 atom stereocenters. The third-order valence-electron chi connectivity index (χ3n) is 4.43. The molecule has 5 nitrogen and oxygen atoms in total. The first-order chi connectivity index (χ1) is 12.6. The first-order valence-corrected chi connectivity index (χ1v) is 8.67. The number of benzene rings is 3. The Morgan fingerprint density at radius 2 is 1.88 bits per heavy atom. The Bertz CT molecular complexity index is 1050. The fourth-order valence-corrected chi connectivity index (χ4v) is 3.51. The van der Waals surface area contributed by atoms with Gasteiger partial charge in [0, 0.05) is 33.6 Å². The second kappa shape index (κ2) is 6.35. The molecule has 0 unspecified atom stereocenters. The quantitative estimate of drug-likeness (QED) is 0.676. The van der Waals surface area contributed by atoms with Gasteiger partial charge in [0.2, 0.25) is 0 Å². The molecule has 3 aromatic carbocycles. The van der Waals surface area contributed by atoms with Crippen molar-refractivity contribution >= 4 is 51.4 Å². The number of amides is 3. The predicted molar refractivity (Wildman–Crippen MR) is 105 cm³/mol. The molecule has 2 N–H and O–H groups in total. The summed E-state index contributed by atoms with van der Waals surface area (Å²) in [4.78, 5) is 26.6. The second-order valence-electron chi connectivity index (χ2n) is 6.00. The van der Waals surface area contributed by atoms with Crippen molar-refractivity contribution in [3.63, 3.8) is 0 Å². The van der Waals surface area contributed by atoms with Gasteiger partial charge in [0.05, 0.1) is 11.4 Å². The molecule has 0 aliphatic carbocycles. The predicted octanol–water partition coefficient (Wildman–Crippen LogP) is 5.12. The van der Waals surface area contributed by atoms with Gasteiger partial charge >= 0.3 is 6.03 Å². The van der Waals surface area contributed by atoms with E-state index in [9.17, 15) is 9.59 Å². The van der Waals surface area contributed by atoms with Gasteiger partial charge in [0.15, 0.2) is 0 Å². The van der Waals surface area contributed by atoms with Gasteiger partial charge in [0.25, 0.3) is 5.91 Å². The van der Waals surface area contributed by atoms with Crippen molar-refractivity contribution in [1.82, 2.24) is 0 Å². The molecule has 1 heterocycles. The van der Waals surface area contributed by atoms with Crippen LogP contribution in [0.5, 0.6) is 0 Å². The van der Waals surface area contributed by atoms with Crippen LogP contribution < -0.4 is 15.5 Å². The van der Waals surface area contributed by atoms with Crippen LogP contribution in [0.3, 0.4) is 0 Å². The second-order valence-corrected chi connectivity index (χ2v) is 6.44. The summed E-state index contributed by atoms with van der Waals surface area (Å²) in [5.41, 5.74) is 2.80. The Kier molecular flexibility index (Phi) is 4.01. The summed E-state index contributed by atoms with van der Waals surface area (Å²) in [6.45, 7) is 2.55. The number of nitrogens with one attached hydrogen (secondary N) is 2. The van der Waals surface area contributed by atoms with E-state index in [1.165, 1.54) is 0 Å². The summed E-state index contributed by atoms with van der Waals surface area (Å²) in [5, 5.41) is 7.88. The van der Waals surface area contributed by atoms with Gasteiger partial charge in [-0.25, -0.2) is 4.79 Å². The number of halogens is 1. The lowest BCUT2D eigenvalue weighted by molar-refractivity contribution is 0.0994. The van der Waals surface area contributed by atoms with Gasteiger partial charge in [-0.1, -0.05) is 29.8 Å². The Balaban J connectivity index is 1.67. The molecule has 1 aliphatic heterocycles. The number of hydrogen-bond acceptors (Lipinski definition) is 2. The molecule has 0 bridgehead atoms. The maximum Gasteiger partial charge on any atom is 0.323 e. The average molecular weight is 366 g/mol. The van der Waals surface area contributed by atoms with Crippen molar-refractivity contribution in [2.75, 3.05) is 22.1 Å². The molecule has 0 radical (unpaired) electrons. The minimum absolute atomic E-state index is 0.00590. The van der Waals surface area contributed by atoms with Gasteiger partial charge in [-0.2, -0.15) is 0 Å². The number of urea groups is 1. The molecule has 3 amide bonds. The van der Waals surface area contributed by atoms with Crippen LogP contribution in [-0.4, -0.2) is 18.5 Å². The van der Waals surface area contributed by atoms with Crippen LogP contribution in [-0.2, 0) is 0 Å². The summed E-state index contributed by atoms with van der Waals surface area (Å²) < 4.78 is 0. The van der Waals surface area contributed by atoms with E-state index in [0.717, 1.165) is 16.5 Å². The van der Waals surface area contributed by atoms with E-state index in [1.807, 2.05) is 37.3 Å². The van der Waals surface area contributed by atoms with Gasteiger partial charge in [-0.3, -0.25) is 4.79 Å². The third-order valence-corrected chi connectivity index (χ3v) is 4.67. The first-order valence-electron chi connectivity index (χ1n) is 8.29. The SMILES string of the molecule is CCN1C(=O)c2cccc3c(NC(=O)Nc4cccc(Cl)c4)ccc1c23. The van der Waals surface area contributed by atoms with Gasteiger partial charge in [-0.05, 0) is 43.3 Å². The monoisotopic (exact) mass is 365 g/mol. The molecule has 0 aromatic heterocycles. The zero-order chi connectivity index (χ0) is 18.3. The molecule has 26 heavy (non-hydrogen) atoms. The van der Waals surface area contributed by atoms with Crippen molar-refractivity contribution in [1.29, 1.82) is 0 Å². The maximum atomic E-state index is 12.5. The zero-order valence-corrected chi connectivity index (χ0v) is 14.8. The summed E-state index contributed by atoms with van der Waals surface area (Å²) >= 11 is 5.94. The molecule has 0 saturated carbocycles. The molecule has 0 spiro atoms. The largest absolute Gasteiger partial charge is 0.323 e. The van der Waals surface area contributed by atoms with Crippen molar-refractivity contribution < 1.29 is 9.59 Å². The highest BCUT2D eigenvalue weighted by Crippen LogP contribution is 2.40. The zero-order valence-electron chi connectivity index (χ0n) is 14.0. The molecule has 3 aromatic rings. The fourth-order valence-electron chi connectivity index (χ4n) is 3.32. The van der Waals surface area contributed by atoms with Crippen molar-refractivity contribution in [2.45, 2.75) is 6.92 Å². The number of nitrogens with zero attached hydrogens (tertiary/aromatic N) is 1. The highest BCUT2D eigenvalue weighted by atomic mass is 35.5. The first kappa shape index (κ1) is 16.4. The van der Waals surface area contributed by atoms with E-state index >= 15 is 0 Å². The summed E-state index contributed by atoms with van der Waals surface area (Å²) in [6, 6.07) is 15.8. The van der Waals surface area contributed by atoms with Crippen LogP contribution >= 0.6 is 11.6 Å². The molecule has 1 aliphatic rings. The lowest BCUT2D eigenvalue weighted by Gasteiger charge is -2.15. The Labute approximate surface area is 155 Å². The lowest BCUT2D eigenvalue weighted by Crippen LogP contribution is -2.25. The van der Waals surface area contributed by atoms with Crippen molar-refractivity contribution in [2.24, 2.45) is 0 Å². The minimum Gasteiger partial charge on any atom is -0.308 e. The van der Waals surface area contributed by atoms with Gasteiger partial charge in [-0.15, -0.1) is 0 Å². The number of rotatable bonds is 3. The van der Waals surface area contributed by atoms with Crippen LogP contribution in [0.1, 0.15) is 17.3 Å². The van der Waals surface area contributed by atoms with Crippen LogP contribution in [0, 0.1) is 0 Å². The summed E-state index contributed by atoms with van der Waals surface area (Å²) in [7, 11) is 0. The van der Waals surface area contributed by atoms with Gasteiger partial charge in [0.1, 0.15) is 0 Å². The molecule has 0 fully saturated rings. The Morgan fingerprint density at radius 3 is 2.65 bits per heavy atom. The summed E-state index contributed by atoms with van der Waals surface area (Å²) in [5.74, 6) is -0.00590. The van der Waals surface area contributed by atoms with E-state index in [2.05, 4.69) is 10.6 Å². The third kappa shape index (κ3) is 2.66. The minimum atomic E-state index is -0.371. The highest BCUT2D eigenvalue weighted by molar-refractivity contribution is 6.31. The van der Waals surface area contributed by atoms with E-state index < -0.39 is 0 Å². The Hall–Kier alpha value is -3.05. The number of anilines is 3. The van der Waals surface area contributed by atoms with E-state index in [4.69, 9.17) is 11.6 Å². The molecule has 130 valence electrons. The average Bonchev–Trinajstić information content (AvgIpc) is 2.90. The van der Waals surface area contributed by atoms with Crippen molar-refractivity contribution in [3.8, 4) is 0 Å². The van der Waals surface area contributed by atoms with E-state index in [-0.39, 0.29) is 11.9 Å². The maximum absolute atomic E-state index is 12.5. The number of carbonyl (C=O) groups is 2. The highest BCUT2D eigenvalue weighted by Gasteiger charge is 2.29. The van der Waals surface area contributed by atoms with Crippen LogP contribution in [0.4, 0.5) is 21.9 Å². The molecular weight excluding hydrogens is 350 g/mol. The van der Waals surface area contributed by atoms with Crippen LogP contribution in [0.15, 0.2) is 54.6 Å². The number of carbonyl (C=O) groups excluding carboxylic acids is 2. The standard InChI is InChI=1S/C20H16ClN3O2/c1-2-24-17-10-9-16(14-7-4-8-15(18(14)17)19(24)25)23-20(26)22-13-6-3-5-12(21)11-13/h3-11H,2H2,1H3,(H2,22,23,26). The summed E-state index contributed by atoms with van der Waals surface area (Å²) in [6.07, 6.45) is 0. The van der Waals surface area contributed by atoms with Crippen molar-refractivity contribution in [3.05, 3.63) is 65.2 Å². The van der Waals surface area contributed by atoms with E-state index in [1.54, 1.807) is 29.2 Å². The van der Waals surface area contributed by atoms with E-state index in [0.29, 0.717) is 28.5 Å².